The first-order valence-electron chi connectivity index (χ1n) is 8.60. The molecule has 28 heavy (non-hydrogen) atoms. The van der Waals surface area contributed by atoms with Crippen molar-refractivity contribution >= 4 is 35.2 Å². The van der Waals surface area contributed by atoms with Crippen LogP contribution < -0.4 is 4.74 Å². The minimum Gasteiger partial charge on any atom is -0.504 e. The number of Topliss-reactive ketones (excluding diaryl/α,β-unsaturated/α-hetero) is 1. The van der Waals surface area contributed by atoms with Gasteiger partial charge in [-0.2, -0.15) is 0 Å². The fraction of sp³-hybridized carbons (Fsp3) is 0.0870. The van der Waals surface area contributed by atoms with Crippen molar-refractivity contribution in [2.45, 2.75) is 11.8 Å². The van der Waals surface area contributed by atoms with E-state index in [2.05, 4.69) is 0 Å². The first-order chi connectivity index (χ1) is 13.5. The number of hydrogen-bond donors (Lipinski definition) is 1. The molecule has 0 bridgehead atoms. The van der Waals surface area contributed by atoms with E-state index >= 15 is 0 Å². The number of thioether (sulfide) groups is 1. The highest BCUT2D eigenvalue weighted by Crippen LogP contribution is 2.33. The molecule has 0 spiro atoms. The monoisotopic (exact) mass is 410 g/mol. The SMILES string of the molecule is COc1ccc(C=C(Sc2ccc(C)cc2)C(=O)c2ccc(Cl)cc2)cc1O. The number of allylic oxidation sites excluding steroid dienone is 1. The minimum absolute atomic E-state index is 0.0230. The van der Waals surface area contributed by atoms with E-state index in [1.54, 1.807) is 48.5 Å². The average Bonchev–Trinajstić information content (AvgIpc) is 2.69. The molecule has 3 nitrogen and oxygen atoms in total. The van der Waals surface area contributed by atoms with E-state index < -0.39 is 0 Å². The predicted molar refractivity (Wildman–Crippen MR) is 115 cm³/mol. The van der Waals surface area contributed by atoms with Crippen LogP contribution in [0.5, 0.6) is 11.5 Å². The summed E-state index contributed by atoms with van der Waals surface area (Å²) < 4.78 is 5.08. The normalized spacial score (nSPS) is 11.3. The van der Waals surface area contributed by atoms with Crippen molar-refractivity contribution in [1.29, 1.82) is 0 Å². The van der Waals surface area contributed by atoms with Crippen molar-refractivity contribution in [3.05, 3.63) is 93.3 Å². The Morgan fingerprint density at radius 1 is 1.04 bits per heavy atom. The predicted octanol–water partition coefficient (Wildman–Crippen LogP) is 6.38. The summed E-state index contributed by atoms with van der Waals surface area (Å²) in [5.74, 6) is 0.293. The van der Waals surface area contributed by atoms with Crippen LogP contribution in [0.25, 0.3) is 6.08 Å². The molecule has 0 radical (unpaired) electrons. The average molecular weight is 411 g/mol. The summed E-state index contributed by atoms with van der Waals surface area (Å²) in [6.07, 6.45) is 1.76. The van der Waals surface area contributed by atoms with Crippen LogP contribution in [0.4, 0.5) is 0 Å². The second-order valence-electron chi connectivity index (χ2n) is 6.19. The highest BCUT2D eigenvalue weighted by Gasteiger charge is 2.15. The van der Waals surface area contributed by atoms with E-state index in [1.165, 1.54) is 18.9 Å². The number of carbonyl (C=O) groups excluding carboxylic acids is 1. The lowest BCUT2D eigenvalue weighted by molar-refractivity contribution is 0.104. The van der Waals surface area contributed by atoms with E-state index in [4.69, 9.17) is 16.3 Å². The van der Waals surface area contributed by atoms with Crippen LogP contribution in [-0.2, 0) is 0 Å². The van der Waals surface area contributed by atoms with Crippen LogP contribution in [0, 0.1) is 6.92 Å². The fourth-order valence-corrected chi connectivity index (χ4v) is 3.62. The topological polar surface area (TPSA) is 46.5 Å². The maximum absolute atomic E-state index is 13.1. The van der Waals surface area contributed by atoms with Crippen LogP contribution in [-0.4, -0.2) is 18.0 Å². The van der Waals surface area contributed by atoms with Crippen LogP contribution in [0.1, 0.15) is 21.5 Å². The van der Waals surface area contributed by atoms with Crippen LogP contribution in [0.15, 0.2) is 76.5 Å². The van der Waals surface area contributed by atoms with E-state index in [1.807, 2.05) is 31.2 Å². The van der Waals surface area contributed by atoms with Gasteiger partial charge in [-0.1, -0.05) is 47.1 Å². The molecule has 0 aromatic heterocycles. The molecule has 0 saturated carbocycles. The fourth-order valence-electron chi connectivity index (χ4n) is 2.57. The highest BCUT2D eigenvalue weighted by atomic mass is 35.5. The summed E-state index contributed by atoms with van der Waals surface area (Å²) in [5, 5.41) is 10.6. The summed E-state index contributed by atoms with van der Waals surface area (Å²) in [6, 6.07) is 19.8. The van der Waals surface area contributed by atoms with E-state index in [0.717, 1.165) is 10.5 Å². The van der Waals surface area contributed by atoms with Gasteiger partial charge >= 0.3 is 0 Å². The Labute approximate surface area is 173 Å². The molecular weight excluding hydrogens is 392 g/mol. The van der Waals surface area contributed by atoms with Gasteiger partial charge in [0.05, 0.1) is 12.0 Å². The second-order valence-corrected chi connectivity index (χ2v) is 7.74. The van der Waals surface area contributed by atoms with Gasteiger partial charge in [-0.3, -0.25) is 4.79 Å². The van der Waals surface area contributed by atoms with Gasteiger partial charge in [0.15, 0.2) is 17.3 Å². The summed E-state index contributed by atoms with van der Waals surface area (Å²) in [6.45, 7) is 2.02. The maximum Gasteiger partial charge on any atom is 0.199 e. The van der Waals surface area contributed by atoms with Gasteiger partial charge in [-0.05, 0) is 67.1 Å². The van der Waals surface area contributed by atoms with Crippen molar-refractivity contribution in [1.82, 2.24) is 0 Å². The number of aryl methyl sites for hydroxylation is 1. The van der Waals surface area contributed by atoms with Crippen molar-refractivity contribution in [3.63, 3.8) is 0 Å². The smallest absolute Gasteiger partial charge is 0.199 e. The molecule has 3 rings (SSSR count). The summed E-state index contributed by atoms with van der Waals surface area (Å²) >= 11 is 7.33. The Balaban J connectivity index is 1.99. The van der Waals surface area contributed by atoms with Crippen LogP contribution >= 0.6 is 23.4 Å². The molecule has 0 aliphatic carbocycles. The molecule has 0 saturated heterocycles. The Morgan fingerprint density at radius 3 is 2.32 bits per heavy atom. The van der Waals surface area contributed by atoms with Gasteiger partial charge in [0, 0.05) is 15.5 Å². The van der Waals surface area contributed by atoms with Crippen LogP contribution in [0.3, 0.4) is 0 Å². The third kappa shape index (κ3) is 4.97. The van der Waals surface area contributed by atoms with Gasteiger partial charge in [0.2, 0.25) is 0 Å². The number of ether oxygens (including phenoxy) is 1. The van der Waals surface area contributed by atoms with Crippen molar-refractivity contribution in [2.75, 3.05) is 7.11 Å². The molecule has 0 amide bonds. The highest BCUT2D eigenvalue weighted by molar-refractivity contribution is 8.04. The summed E-state index contributed by atoms with van der Waals surface area (Å²) in [4.78, 5) is 14.6. The Bertz CT molecular complexity index is 1010. The Morgan fingerprint density at radius 2 is 1.71 bits per heavy atom. The molecule has 0 atom stereocenters. The summed E-state index contributed by atoms with van der Waals surface area (Å²) in [7, 11) is 1.49. The molecule has 3 aromatic rings. The van der Waals surface area contributed by atoms with Gasteiger partial charge < -0.3 is 9.84 Å². The van der Waals surface area contributed by atoms with E-state index in [9.17, 15) is 9.90 Å². The first-order valence-corrected chi connectivity index (χ1v) is 9.79. The van der Waals surface area contributed by atoms with Crippen LogP contribution in [0.2, 0.25) is 5.02 Å². The first kappa shape index (κ1) is 20.1. The third-order valence-corrected chi connectivity index (χ3v) is 5.36. The number of benzene rings is 3. The maximum atomic E-state index is 13.1. The number of hydrogen-bond acceptors (Lipinski definition) is 4. The van der Waals surface area contributed by atoms with Crippen molar-refractivity contribution < 1.29 is 14.6 Å². The number of phenols is 1. The zero-order valence-corrected chi connectivity index (χ0v) is 17.1. The molecule has 3 aromatic carbocycles. The van der Waals surface area contributed by atoms with Gasteiger partial charge in [-0.15, -0.1) is 0 Å². The lowest BCUT2D eigenvalue weighted by Crippen LogP contribution is -2.01. The lowest BCUT2D eigenvalue weighted by atomic mass is 10.1. The number of rotatable bonds is 6. The number of aromatic hydroxyl groups is 1. The van der Waals surface area contributed by atoms with Gasteiger partial charge in [0.25, 0.3) is 0 Å². The van der Waals surface area contributed by atoms with Gasteiger partial charge in [0.1, 0.15) is 0 Å². The van der Waals surface area contributed by atoms with Crippen molar-refractivity contribution in [2.24, 2.45) is 0 Å². The molecule has 142 valence electrons. The third-order valence-electron chi connectivity index (χ3n) is 4.08. The molecule has 0 fully saturated rings. The van der Waals surface area contributed by atoms with E-state index in [-0.39, 0.29) is 11.5 Å². The lowest BCUT2D eigenvalue weighted by Gasteiger charge is -2.09. The largest absolute Gasteiger partial charge is 0.504 e. The quantitative estimate of drug-likeness (QED) is 0.291. The zero-order chi connectivity index (χ0) is 20.1. The number of carbonyl (C=O) groups is 1. The van der Waals surface area contributed by atoms with E-state index in [0.29, 0.717) is 26.8 Å². The Hall–Kier alpha value is -2.69. The Kier molecular flexibility index (Phi) is 6.45. The van der Waals surface area contributed by atoms with Crippen molar-refractivity contribution in [3.8, 4) is 11.5 Å². The second kappa shape index (κ2) is 9.00. The molecule has 1 N–H and O–H groups in total. The number of ketones is 1. The number of halogens is 1. The standard InChI is InChI=1S/C23H19ClO3S/c1-15-3-10-19(11-4-15)28-22(23(26)17-6-8-18(24)9-7-17)14-16-5-12-21(27-2)20(25)13-16/h3-14,25H,1-2H3. The van der Waals surface area contributed by atoms with Gasteiger partial charge in [-0.25, -0.2) is 0 Å². The summed E-state index contributed by atoms with van der Waals surface area (Å²) in [5.41, 5.74) is 2.40. The molecular formula is C23H19ClO3S. The molecule has 0 aliphatic rings. The molecule has 0 aliphatic heterocycles. The minimum atomic E-state index is -0.113. The number of phenolic OH excluding ortho intramolecular Hbond substituents is 1. The number of methoxy groups -OCH3 is 1. The molecule has 5 heteroatoms. The molecule has 0 heterocycles. The zero-order valence-electron chi connectivity index (χ0n) is 15.5. The molecule has 0 unspecified atom stereocenters.